The Kier molecular flexibility index (Phi) is 8.19. The first kappa shape index (κ1) is 25.3. The first-order valence-electron chi connectivity index (χ1n) is 10.8. The number of carbonyl (C=O) groups excluding carboxylic acids is 3. The van der Waals surface area contributed by atoms with Gasteiger partial charge in [0.15, 0.2) is 11.5 Å². The second-order valence-corrected chi connectivity index (χ2v) is 9.86. The molecule has 3 amide bonds. The van der Waals surface area contributed by atoms with E-state index in [1.165, 1.54) is 7.11 Å². The number of thioether (sulfide) groups is 1. The van der Waals surface area contributed by atoms with Crippen molar-refractivity contribution in [2.45, 2.75) is 0 Å². The number of halogens is 1. The van der Waals surface area contributed by atoms with E-state index in [1.54, 1.807) is 31.4 Å². The van der Waals surface area contributed by atoms with Crippen molar-refractivity contribution >= 4 is 68.9 Å². The quantitative estimate of drug-likeness (QED) is 0.374. The minimum Gasteiger partial charge on any atom is -0.493 e. The van der Waals surface area contributed by atoms with Gasteiger partial charge >= 0.3 is 0 Å². The Morgan fingerprint density at radius 2 is 1.86 bits per heavy atom. The van der Waals surface area contributed by atoms with Crippen molar-refractivity contribution in [3.8, 4) is 11.5 Å². The number of amides is 3. The number of nitrogens with one attached hydrogen (secondary N) is 1. The van der Waals surface area contributed by atoms with E-state index in [2.05, 4.69) is 32.8 Å². The number of nitrogens with zero attached hydrogens (tertiary/aromatic N) is 2. The molecule has 0 aromatic heterocycles. The Bertz CT molecular complexity index is 1160. The summed E-state index contributed by atoms with van der Waals surface area (Å²) in [5, 5.41) is 2.26. The van der Waals surface area contributed by atoms with Crippen LogP contribution in [0.15, 0.2) is 41.3 Å². The van der Waals surface area contributed by atoms with Crippen LogP contribution < -0.4 is 19.7 Å². The number of ether oxygens (including phenoxy) is 3. The van der Waals surface area contributed by atoms with Gasteiger partial charge in [-0.1, -0.05) is 0 Å². The van der Waals surface area contributed by atoms with Gasteiger partial charge in [-0.3, -0.25) is 19.3 Å². The zero-order chi connectivity index (χ0) is 24.9. The first-order chi connectivity index (χ1) is 16.9. The number of anilines is 2. The van der Waals surface area contributed by atoms with Crippen LogP contribution in [0.25, 0.3) is 6.08 Å². The molecule has 2 aromatic rings. The normalized spacial score (nSPS) is 17.2. The fourth-order valence-electron chi connectivity index (χ4n) is 3.73. The van der Waals surface area contributed by atoms with Crippen molar-refractivity contribution in [2.75, 3.05) is 57.3 Å². The summed E-state index contributed by atoms with van der Waals surface area (Å²) >= 11 is 2.91. The van der Waals surface area contributed by atoms with Crippen molar-refractivity contribution in [3.63, 3.8) is 0 Å². The first-order valence-corrected chi connectivity index (χ1v) is 12.7. The molecule has 1 N–H and O–H groups in total. The van der Waals surface area contributed by atoms with E-state index in [9.17, 15) is 14.4 Å². The molecule has 9 nitrogen and oxygen atoms in total. The zero-order valence-electron chi connectivity index (χ0n) is 19.2. The molecule has 0 atom stereocenters. The van der Waals surface area contributed by atoms with Gasteiger partial charge in [-0.05, 0) is 82.4 Å². The zero-order valence-corrected chi connectivity index (χ0v) is 22.2. The van der Waals surface area contributed by atoms with Crippen LogP contribution in [0.3, 0.4) is 0 Å². The number of hydrogen-bond acceptors (Lipinski definition) is 8. The van der Waals surface area contributed by atoms with E-state index in [4.69, 9.17) is 14.2 Å². The fourth-order valence-corrected chi connectivity index (χ4v) is 5.41. The molecule has 2 saturated heterocycles. The van der Waals surface area contributed by atoms with Crippen molar-refractivity contribution in [1.29, 1.82) is 0 Å². The summed E-state index contributed by atoms with van der Waals surface area (Å²) in [6, 6.07) is 11.0. The van der Waals surface area contributed by atoms with Gasteiger partial charge in [0.05, 0.1) is 35.9 Å². The molecule has 35 heavy (non-hydrogen) atoms. The van der Waals surface area contributed by atoms with Crippen LogP contribution in [0.5, 0.6) is 11.5 Å². The van der Waals surface area contributed by atoms with E-state index in [0.29, 0.717) is 36.0 Å². The van der Waals surface area contributed by atoms with Gasteiger partial charge in [0, 0.05) is 24.5 Å². The molecular formula is C24H24IN3O6S. The van der Waals surface area contributed by atoms with Crippen LogP contribution in [-0.4, -0.2) is 69.0 Å². The largest absolute Gasteiger partial charge is 0.493 e. The molecule has 0 spiro atoms. The maximum atomic E-state index is 12.9. The van der Waals surface area contributed by atoms with E-state index < -0.39 is 17.1 Å². The smallest absolute Gasteiger partial charge is 0.294 e. The van der Waals surface area contributed by atoms with E-state index in [1.807, 2.05) is 18.2 Å². The number of rotatable bonds is 7. The van der Waals surface area contributed by atoms with Crippen LogP contribution in [0.1, 0.15) is 5.56 Å². The molecule has 0 radical (unpaired) electrons. The molecule has 0 aliphatic carbocycles. The lowest BCUT2D eigenvalue weighted by Crippen LogP contribution is -2.36. The number of carbonyl (C=O) groups is 3. The molecule has 2 heterocycles. The average Bonchev–Trinajstić information content (AvgIpc) is 3.11. The lowest BCUT2D eigenvalue weighted by atomic mass is 10.2. The third kappa shape index (κ3) is 5.90. The van der Waals surface area contributed by atoms with Crippen LogP contribution in [0.4, 0.5) is 16.2 Å². The molecule has 0 unspecified atom stereocenters. The average molecular weight is 609 g/mol. The minimum absolute atomic E-state index is 0.237. The van der Waals surface area contributed by atoms with Crippen molar-refractivity contribution in [3.05, 3.63) is 50.4 Å². The second kappa shape index (κ2) is 11.3. The summed E-state index contributed by atoms with van der Waals surface area (Å²) in [7, 11) is 3.08. The maximum absolute atomic E-state index is 12.9. The number of hydrogen-bond donors (Lipinski definition) is 1. The highest BCUT2D eigenvalue weighted by atomic mass is 127. The molecule has 2 fully saturated rings. The SMILES string of the molecule is COc1cc(/C=C2/SC(=O)N(CC(=O)Nc3ccc(N4CCOCC4)cc3)C2=O)cc(I)c1OC. The summed E-state index contributed by atoms with van der Waals surface area (Å²) in [6.45, 7) is 2.66. The Balaban J connectivity index is 1.40. The molecule has 11 heteroatoms. The monoisotopic (exact) mass is 609 g/mol. The third-order valence-electron chi connectivity index (χ3n) is 5.46. The highest BCUT2D eigenvalue weighted by molar-refractivity contribution is 14.1. The van der Waals surface area contributed by atoms with Gasteiger partial charge in [-0.25, -0.2) is 0 Å². The Morgan fingerprint density at radius 1 is 1.14 bits per heavy atom. The number of benzene rings is 2. The highest BCUT2D eigenvalue weighted by Gasteiger charge is 2.36. The van der Waals surface area contributed by atoms with Gasteiger partial charge in [-0.15, -0.1) is 0 Å². The molecule has 4 rings (SSSR count). The van der Waals surface area contributed by atoms with Crippen LogP contribution in [0.2, 0.25) is 0 Å². The summed E-state index contributed by atoms with van der Waals surface area (Å²) in [6.07, 6.45) is 1.61. The predicted octanol–water partition coefficient (Wildman–Crippen LogP) is 3.82. The van der Waals surface area contributed by atoms with Crippen molar-refractivity contribution in [2.24, 2.45) is 0 Å². The summed E-state index contributed by atoms with van der Waals surface area (Å²) in [4.78, 5) is 41.3. The Labute approximate surface area is 220 Å². The third-order valence-corrected chi connectivity index (χ3v) is 7.16. The molecule has 0 bridgehead atoms. The van der Waals surface area contributed by atoms with Gasteiger partial charge in [0.1, 0.15) is 6.54 Å². The second-order valence-electron chi connectivity index (χ2n) is 7.70. The van der Waals surface area contributed by atoms with Crippen LogP contribution in [0, 0.1) is 3.57 Å². The molecule has 0 saturated carbocycles. The molecule has 2 aromatic carbocycles. The topological polar surface area (TPSA) is 97.4 Å². The minimum atomic E-state index is -0.511. The summed E-state index contributed by atoms with van der Waals surface area (Å²) in [5.41, 5.74) is 2.32. The Morgan fingerprint density at radius 3 is 2.51 bits per heavy atom. The van der Waals surface area contributed by atoms with E-state index in [0.717, 1.165) is 39.0 Å². The van der Waals surface area contributed by atoms with E-state index in [-0.39, 0.29) is 11.4 Å². The number of methoxy groups -OCH3 is 2. The van der Waals surface area contributed by atoms with Gasteiger partial charge in [0.2, 0.25) is 5.91 Å². The lowest BCUT2D eigenvalue weighted by Gasteiger charge is -2.28. The van der Waals surface area contributed by atoms with Crippen molar-refractivity contribution < 1.29 is 28.6 Å². The molecule has 184 valence electrons. The lowest BCUT2D eigenvalue weighted by molar-refractivity contribution is -0.127. The highest BCUT2D eigenvalue weighted by Crippen LogP contribution is 2.37. The summed E-state index contributed by atoms with van der Waals surface area (Å²) in [5.74, 6) is 0.146. The van der Waals surface area contributed by atoms with Crippen LogP contribution in [-0.2, 0) is 14.3 Å². The summed E-state index contributed by atoms with van der Waals surface area (Å²) < 4.78 is 16.9. The molecule has 2 aliphatic heterocycles. The van der Waals surface area contributed by atoms with Gasteiger partial charge in [0.25, 0.3) is 11.1 Å². The molecular weight excluding hydrogens is 585 g/mol. The molecule has 2 aliphatic rings. The van der Waals surface area contributed by atoms with Crippen LogP contribution >= 0.6 is 34.4 Å². The number of imide groups is 1. The van der Waals surface area contributed by atoms with Crippen molar-refractivity contribution in [1.82, 2.24) is 4.90 Å². The Hall–Kier alpha value is -2.77. The predicted molar refractivity (Wildman–Crippen MR) is 143 cm³/mol. The standard InChI is InChI=1S/C24H24IN3O6S/c1-32-19-12-15(11-18(25)22(19)33-2)13-20-23(30)28(24(31)35-20)14-21(29)26-16-3-5-17(6-4-16)27-7-9-34-10-8-27/h3-6,11-13H,7-10,14H2,1-2H3,(H,26,29)/b20-13+. The number of morpholine rings is 1. The van der Waals surface area contributed by atoms with E-state index >= 15 is 0 Å². The van der Waals surface area contributed by atoms with Gasteiger partial charge < -0.3 is 24.4 Å². The maximum Gasteiger partial charge on any atom is 0.294 e. The van der Waals surface area contributed by atoms with Gasteiger partial charge in [-0.2, -0.15) is 0 Å². The fraction of sp³-hybridized carbons (Fsp3) is 0.292.